The first kappa shape index (κ1) is 42.3. The molecule has 18 nitrogen and oxygen atoms in total. The van der Waals surface area contributed by atoms with Crippen molar-refractivity contribution in [2.75, 3.05) is 50.5 Å². The van der Waals surface area contributed by atoms with Gasteiger partial charge in [-0.2, -0.15) is 8.42 Å². The van der Waals surface area contributed by atoms with Crippen LogP contribution in [0.5, 0.6) is 0 Å². The molecule has 7 amide bonds. The van der Waals surface area contributed by atoms with Crippen LogP contribution in [-0.4, -0.2) is 121 Å². The van der Waals surface area contributed by atoms with Gasteiger partial charge in [0.15, 0.2) is 0 Å². The Kier molecular flexibility index (Phi) is 17.2. The van der Waals surface area contributed by atoms with Crippen molar-refractivity contribution in [3.63, 3.8) is 0 Å². The van der Waals surface area contributed by atoms with Crippen LogP contribution in [0, 0.1) is 5.92 Å². The van der Waals surface area contributed by atoms with Gasteiger partial charge in [0.05, 0.1) is 32.1 Å². The highest BCUT2D eigenvalue weighted by molar-refractivity contribution is 7.85. The van der Waals surface area contributed by atoms with Crippen LogP contribution >= 0.6 is 0 Å². The average molecular weight is 738 g/mol. The Morgan fingerprint density at radius 1 is 1.00 bits per heavy atom. The molecular weight excluding hydrogens is 690 g/mol. The van der Waals surface area contributed by atoms with E-state index in [9.17, 15) is 42.3 Å². The minimum Gasteiger partial charge on any atom is -0.392 e. The highest BCUT2D eigenvalue weighted by Gasteiger charge is 2.30. The topological polar surface area (TPSA) is 267 Å². The summed E-state index contributed by atoms with van der Waals surface area (Å²) in [6.45, 7) is 6.88. The molecule has 2 atom stereocenters. The maximum atomic E-state index is 13.5. The van der Waals surface area contributed by atoms with E-state index < -0.39 is 69.4 Å². The summed E-state index contributed by atoms with van der Waals surface area (Å²) in [6.07, 6.45) is 2.46. The Hall–Kier alpha value is -4.85. The highest BCUT2D eigenvalue weighted by atomic mass is 32.2. The maximum absolute atomic E-state index is 13.5. The zero-order valence-electron chi connectivity index (χ0n) is 28.6. The molecule has 0 aliphatic carbocycles. The largest absolute Gasteiger partial charge is 0.392 e. The molecule has 282 valence electrons. The molecule has 0 fully saturated rings. The number of nitrogens with one attached hydrogen (secondary N) is 4. The molecular formula is C32H47N7O11S. The van der Waals surface area contributed by atoms with Crippen molar-refractivity contribution in [2.24, 2.45) is 11.7 Å². The van der Waals surface area contributed by atoms with Gasteiger partial charge >= 0.3 is 6.03 Å². The minimum absolute atomic E-state index is 0.00930. The van der Waals surface area contributed by atoms with Crippen LogP contribution in [0.2, 0.25) is 0 Å². The Morgan fingerprint density at radius 3 is 2.22 bits per heavy atom. The number of nitrogens with two attached hydrogens (primary N) is 1. The zero-order chi connectivity index (χ0) is 38.1. The molecule has 19 heteroatoms. The van der Waals surface area contributed by atoms with Gasteiger partial charge in [0.1, 0.15) is 12.1 Å². The molecule has 8 N–H and O–H groups in total. The van der Waals surface area contributed by atoms with Crippen molar-refractivity contribution in [1.82, 2.24) is 25.8 Å². The van der Waals surface area contributed by atoms with Crippen LogP contribution in [0.1, 0.15) is 38.7 Å². The number of rotatable bonds is 23. The fourth-order valence-corrected chi connectivity index (χ4v) is 5.06. The highest BCUT2D eigenvalue weighted by Crippen LogP contribution is 2.13. The van der Waals surface area contributed by atoms with E-state index in [1.807, 2.05) is 0 Å². The first-order chi connectivity index (χ1) is 24.0. The van der Waals surface area contributed by atoms with Gasteiger partial charge in [0, 0.05) is 49.6 Å². The number of nitrogens with zero attached hydrogens (tertiary/aromatic N) is 2. The lowest BCUT2D eigenvalue weighted by atomic mass is 10.0. The summed E-state index contributed by atoms with van der Waals surface area (Å²) in [6, 6.07) is 3.57. The average Bonchev–Trinajstić information content (AvgIpc) is 3.37. The minimum atomic E-state index is -4.23. The summed E-state index contributed by atoms with van der Waals surface area (Å²) in [5, 5.41) is 19.8. The van der Waals surface area contributed by atoms with Crippen LogP contribution in [0.3, 0.4) is 0 Å². The van der Waals surface area contributed by atoms with Gasteiger partial charge in [-0.05, 0) is 36.5 Å². The third-order valence-electron chi connectivity index (χ3n) is 7.56. The molecule has 1 aromatic rings. The van der Waals surface area contributed by atoms with E-state index in [0.29, 0.717) is 11.3 Å². The number of aliphatic hydroxyl groups is 1. The predicted molar refractivity (Wildman–Crippen MR) is 185 cm³/mol. The Labute approximate surface area is 296 Å². The molecule has 1 aliphatic rings. The summed E-state index contributed by atoms with van der Waals surface area (Å²) in [5.41, 5.74) is 6.47. The first-order valence-corrected chi connectivity index (χ1v) is 17.7. The van der Waals surface area contributed by atoms with E-state index in [-0.39, 0.29) is 71.0 Å². The van der Waals surface area contributed by atoms with E-state index in [2.05, 4.69) is 27.8 Å². The molecule has 51 heavy (non-hydrogen) atoms. The van der Waals surface area contributed by atoms with Crippen molar-refractivity contribution in [2.45, 2.75) is 51.8 Å². The number of hydrogen-bond donors (Lipinski definition) is 7. The van der Waals surface area contributed by atoms with Crippen LogP contribution in [-0.2, 0) is 45.4 Å². The first-order valence-electron chi connectivity index (χ1n) is 16.1. The van der Waals surface area contributed by atoms with Crippen LogP contribution in [0.25, 0.3) is 0 Å². The molecule has 0 spiro atoms. The molecule has 0 bridgehead atoms. The number of carbonyl (C=O) groups is 6. The van der Waals surface area contributed by atoms with Gasteiger partial charge in [-0.3, -0.25) is 33.4 Å². The quantitative estimate of drug-likeness (QED) is 0.0415. The van der Waals surface area contributed by atoms with E-state index in [1.165, 1.54) is 0 Å². The number of aliphatic hydroxyl groups excluding tert-OH is 1. The van der Waals surface area contributed by atoms with E-state index >= 15 is 0 Å². The number of primary amides is 1. The monoisotopic (exact) mass is 737 g/mol. The van der Waals surface area contributed by atoms with Crippen LogP contribution in [0.4, 0.5) is 10.5 Å². The Bertz CT molecular complexity index is 1530. The van der Waals surface area contributed by atoms with E-state index in [0.717, 1.165) is 17.1 Å². The van der Waals surface area contributed by atoms with Crippen LogP contribution < -0.4 is 27.0 Å². The molecule has 1 heterocycles. The summed E-state index contributed by atoms with van der Waals surface area (Å²) < 4.78 is 36.2. The second kappa shape index (κ2) is 20.7. The molecule has 0 saturated heterocycles. The molecule has 0 aromatic heterocycles. The lowest BCUT2D eigenvalue weighted by Crippen LogP contribution is -2.54. The number of ether oxygens (including phenoxy) is 1. The van der Waals surface area contributed by atoms with Crippen molar-refractivity contribution in [3.05, 3.63) is 54.3 Å². The lowest BCUT2D eigenvalue weighted by molar-refractivity contribution is -0.136. The molecule has 1 aromatic carbocycles. The SMILES string of the molecule is C=C(CN1C(=O)C=CC1=O)N(CCOCCS(=O)(=O)O)CCC(=O)N[C@H](C(=O)N[C@@H](CCCNC(N)=O)C(=O)Nc1ccc(CO)cc1)C(C)C. The summed E-state index contributed by atoms with van der Waals surface area (Å²) in [5.74, 6) is -3.84. The Balaban J connectivity index is 2.09. The van der Waals surface area contributed by atoms with E-state index in [1.54, 1.807) is 43.0 Å². The standard InChI is InChI=1S/C32H47N7O11S/c1-21(2)29(31(45)36-25(5-4-13-34-32(33)46)30(44)35-24-8-6-23(20-40)7-9-24)37-26(41)12-14-38(15-16-50-17-18-51(47,48)49)22(3)19-39-27(42)10-11-28(39)43/h6-11,21,25,29,40H,3-5,12-20H2,1-2H3,(H,35,44)(H,36,45)(H,37,41)(H3,33,34,46)(H,47,48,49)/t25-,29-/m0/s1. The number of hydrogen-bond acceptors (Lipinski definition) is 11. The fourth-order valence-electron chi connectivity index (χ4n) is 4.73. The van der Waals surface area contributed by atoms with E-state index in [4.69, 9.17) is 15.0 Å². The molecule has 1 aliphatic heterocycles. The van der Waals surface area contributed by atoms with Crippen molar-refractivity contribution >= 4 is 51.4 Å². The molecule has 0 saturated carbocycles. The predicted octanol–water partition coefficient (Wildman–Crippen LogP) is -0.773. The number of amides is 7. The summed E-state index contributed by atoms with van der Waals surface area (Å²) in [4.78, 5) is 77.7. The van der Waals surface area contributed by atoms with Gasteiger partial charge in [-0.15, -0.1) is 0 Å². The van der Waals surface area contributed by atoms with Gasteiger partial charge < -0.3 is 41.7 Å². The molecule has 0 radical (unpaired) electrons. The third kappa shape index (κ3) is 15.7. The van der Waals surface area contributed by atoms with Crippen molar-refractivity contribution < 1.29 is 51.6 Å². The van der Waals surface area contributed by atoms with Crippen molar-refractivity contribution in [1.29, 1.82) is 0 Å². The normalized spacial score (nSPS) is 13.9. The second-order valence-corrected chi connectivity index (χ2v) is 13.5. The fraction of sp³-hybridized carbons (Fsp3) is 0.500. The van der Waals surface area contributed by atoms with Gasteiger partial charge in [0.2, 0.25) is 17.7 Å². The van der Waals surface area contributed by atoms with Crippen LogP contribution in [0.15, 0.2) is 48.7 Å². The molecule has 0 unspecified atom stereocenters. The Morgan fingerprint density at radius 2 is 1.65 bits per heavy atom. The molecule has 2 rings (SSSR count). The maximum Gasteiger partial charge on any atom is 0.312 e. The van der Waals surface area contributed by atoms with Crippen molar-refractivity contribution in [3.8, 4) is 0 Å². The zero-order valence-corrected chi connectivity index (χ0v) is 29.4. The number of benzene rings is 1. The summed E-state index contributed by atoms with van der Waals surface area (Å²) in [7, 11) is -4.23. The smallest absolute Gasteiger partial charge is 0.312 e. The third-order valence-corrected chi connectivity index (χ3v) is 8.24. The van der Waals surface area contributed by atoms with Gasteiger partial charge in [-0.1, -0.05) is 32.6 Å². The lowest BCUT2D eigenvalue weighted by Gasteiger charge is -2.29. The number of urea groups is 1. The second-order valence-electron chi connectivity index (χ2n) is 11.9. The number of anilines is 1. The summed E-state index contributed by atoms with van der Waals surface area (Å²) >= 11 is 0. The van der Waals surface area contributed by atoms with Gasteiger partial charge in [-0.25, -0.2) is 4.79 Å². The number of imide groups is 1. The number of carbonyl (C=O) groups excluding carboxylic acids is 6. The van der Waals surface area contributed by atoms with Gasteiger partial charge in [0.25, 0.3) is 21.9 Å².